The minimum atomic E-state index is -0.455. The molecule has 0 saturated carbocycles. The van der Waals surface area contributed by atoms with E-state index in [2.05, 4.69) is 10.2 Å². The minimum absolute atomic E-state index is 0.0112. The van der Waals surface area contributed by atoms with Crippen molar-refractivity contribution >= 4 is 17.3 Å². The summed E-state index contributed by atoms with van der Waals surface area (Å²) in [7, 11) is 0. The number of H-pyrrole nitrogens is 2. The first kappa shape index (κ1) is 16.0. The number of non-ortho nitro benzene ring substituents is 1. The number of aromatic amines is 2. The number of rotatable bonds is 5. The fourth-order valence-corrected chi connectivity index (χ4v) is 2.79. The number of hydrogen-bond acceptors (Lipinski definition) is 3. The van der Waals surface area contributed by atoms with Gasteiger partial charge in [0.2, 0.25) is 0 Å². The van der Waals surface area contributed by atoms with Gasteiger partial charge < -0.3 is 0 Å². The standard InChI is InChI=1S/C17H14ClN3O3/c18-13-3-1-2-11(10-13)4-9-15-16(19-20-17(15)22)12-5-7-14(8-6-12)21(23)24/h1-3,5-8,10H,4,9H2,(H2,19,20,22). The largest absolute Gasteiger partial charge is 0.297 e. The lowest BCUT2D eigenvalue weighted by atomic mass is 10.0. The molecular formula is C17H14ClN3O3. The minimum Gasteiger partial charge on any atom is -0.297 e. The molecule has 3 aromatic rings. The van der Waals surface area contributed by atoms with E-state index in [1.165, 1.54) is 12.1 Å². The van der Waals surface area contributed by atoms with Gasteiger partial charge in [-0.2, -0.15) is 0 Å². The lowest BCUT2D eigenvalue weighted by Gasteiger charge is -2.04. The molecule has 0 aliphatic rings. The summed E-state index contributed by atoms with van der Waals surface area (Å²) in [6.45, 7) is 0. The molecule has 0 atom stereocenters. The number of hydrogen-bond donors (Lipinski definition) is 2. The molecule has 2 N–H and O–H groups in total. The predicted octanol–water partition coefficient (Wildman–Crippen LogP) is 3.72. The van der Waals surface area contributed by atoms with E-state index in [-0.39, 0.29) is 11.2 Å². The maximum Gasteiger partial charge on any atom is 0.269 e. The average Bonchev–Trinajstić information content (AvgIpc) is 2.94. The van der Waals surface area contributed by atoms with E-state index in [4.69, 9.17) is 11.6 Å². The lowest BCUT2D eigenvalue weighted by Crippen LogP contribution is -2.07. The molecule has 1 heterocycles. The monoisotopic (exact) mass is 343 g/mol. The second-order valence-corrected chi connectivity index (χ2v) is 5.80. The third kappa shape index (κ3) is 3.38. The van der Waals surface area contributed by atoms with E-state index >= 15 is 0 Å². The molecule has 1 aromatic heterocycles. The number of nitrogens with zero attached hydrogens (tertiary/aromatic N) is 1. The highest BCUT2D eigenvalue weighted by molar-refractivity contribution is 6.30. The van der Waals surface area contributed by atoms with Crippen LogP contribution < -0.4 is 5.56 Å². The molecule has 6 nitrogen and oxygen atoms in total. The number of nitro groups is 1. The van der Waals surface area contributed by atoms with Crippen molar-refractivity contribution in [3.05, 3.63) is 85.1 Å². The Kier molecular flexibility index (Phi) is 4.48. The molecule has 0 amide bonds. The van der Waals surface area contributed by atoms with Gasteiger partial charge in [-0.3, -0.25) is 25.1 Å². The first-order valence-corrected chi connectivity index (χ1v) is 7.71. The van der Waals surface area contributed by atoms with Crippen molar-refractivity contribution in [2.75, 3.05) is 0 Å². The number of nitro benzene ring substituents is 1. The fourth-order valence-electron chi connectivity index (χ4n) is 2.58. The maximum atomic E-state index is 12.1. The zero-order chi connectivity index (χ0) is 17.1. The van der Waals surface area contributed by atoms with Crippen LogP contribution in [0.25, 0.3) is 11.3 Å². The normalized spacial score (nSPS) is 10.7. The maximum absolute atomic E-state index is 12.1. The summed E-state index contributed by atoms with van der Waals surface area (Å²) in [5.74, 6) is 0. The first-order chi connectivity index (χ1) is 11.5. The number of halogens is 1. The highest BCUT2D eigenvalue weighted by atomic mass is 35.5. The van der Waals surface area contributed by atoms with Crippen molar-refractivity contribution < 1.29 is 4.92 Å². The van der Waals surface area contributed by atoms with Crippen LogP contribution in [-0.2, 0) is 12.8 Å². The van der Waals surface area contributed by atoms with Crippen LogP contribution in [0.3, 0.4) is 0 Å². The number of aromatic nitrogens is 2. The Morgan fingerprint density at radius 1 is 1.04 bits per heavy atom. The van der Waals surface area contributed by atoms with Crippen LogP contribution >= 0.6 is 11.6 Å². The van der Waals surface area contributed by atoms with E-state index in [1.807, 2.05) is 18.2 Å². The summed E-state index contributed by atoms with van der Waals surface area (Å²) in [6.07, 6.45) is 1.20. The van der Waals surface area contributed by atoms with Crippen LogP contribution in [0.5, 0.6) is 0 Å². The van der Waals surface area contributed by atoms with Crippen molar-refractivity contribution in [2.24, 2.45) is 0 Å². The van der Waals surface area contributed by atoms with E-state index < -0.39 is 4.92 Å². The van der Waals surface area contributed by atoms with Crippen LogP contribution in [-0.4, -0.2) is 15.1 Å². The SMILES string of the molecule is O=c1[nH][nH]c(-c2ccc([N+](=O)[O-])cc2)c1CCc1cccc(Cl)c1. The molecule has 0 fully saturated rings. The average molecular weight is 344 g/mol. The molecule has 0 aliphatic carbocycles. The number of benzene rings is 2. The Labute approximate surface area is 142 Å². The van der Waals surface area contributed by atoms with Gasteiger partial charge in [-0.25, -0.2) is 0 Å². The Morgan fingerprint density at radius 3 is 2.46 bits per heavy atom. The molecule has 0 aliphatic heterocycles. The van der Waals surface area contributed by atoms with E-state index in [9.17, 15) is 14.9 Å². The van der Waals surface area contributed by atoms with Crippen LogP contribution in [0.15, 0.2) is 53.3 Å². The van der Waals surface area contributed by atoms with E-state index in [1.54, 1.807) is 18.2 Å². The van der Waals surface area contributed by atoms with Crippen LogP contribution in [0.4, 0.5) is 5.69 Å². The van der Waals surface area contributed by atoms with Crippen molar-refractivity contribution in [1.29, 1.82) is 0 Å². The second-order valence-electron chi connectivity index (χ2n) is 5.37. The van der Waals surface area contributed by atoms with Crippen molar-refractivity contribution in [1.82, 2.24) is 10.2 Å². The number of nitrogens with one attached hydrogen (secondary N) is 2. The third-order valence-electron chi connectivity index (χ3n) is 3.80. The molecule has 0 spiro atoms. The Bertz CT molecular complexity index is 929. The molecule has 3 rings (SSSR count). The number of aryl methyl sites for hydroxylation is 1. The lowest BCUT2D eigenvalue weighted by molar-refractivity contribution is -0.384. The molecule has 122 valence electrons. The zero-order valence-electron chi connectivity index (χ0n) is 12.6. The summed E-state index contributed by atoms with van der Waals surface area (Å²) < 4.78 is 0. The van der Waals surface area contributed by atoms with Gasteiger partial charge in [0.05, 0.1) is 10.6 Å². The van der Waals surface area contributed by atoms with Gasteiger partial charge in [-0.05, 0) is 42.7 Å². The van der Waals surface area contributed by atoms with Gasteiger partial charge in [-0.15, -0.1) is 0 Å². The Morgan fingerprint density at radius 2 is 1.79 bits per heavy atom. The van der Waals surface area contributed by atoms with Crippen molar-refractivity contribution in [3.8, 4) is 11.3 Å². The van der Waals surface area contributed by atoms with Crippen LogP contribution in [0.1, 0.15) is 11.1 Å². The van der Waals surface area contributed by atoms with Gasteiger partial charge in [0.1, 0.15) is 0 Å². The summed E-state index contributed by atoms with van der Waals surface area (Å²) >= 11 is 5.98. The summed E-state index contributed by atoms with van der Waals surface area (Å²) in [5.41, 5.74) is 2.85. The quantitative estimate of drug-likeness (QED) is 0.546. The topological polar surface area (TPSA) is 91.8 Å². The molecule has 24 heavy (non-hydrogen) atoms. The fraction of sp³-hybridized carbons (Fsp3) is 0.118. The third-order valence-corrected chi connectivity index (χ3v) is 4.03. The highest BCUT2D eigenvalue weighted by Crippen LogP contribution is 2.23. The van der Waals surface area contributed by atoms with E-state index in [0.717, 1.165) is 11.1 Å². The Balaban J connectivity index is 1.86. The summed E-state index contributed by atoms with van der Waals surface area (Å²) in [4.78, 5) is 22.3. The van der Waals surface area contributed by atoms with Gasteiger partial charge in [0, 0.05) is 28.3 Å². The molecule has 0 bridgehead atoms. The smallest absolute Gasteiger partial charge is 0.269 e. The van der Waals surface area contributed by atoms with Crippen LogP contribution in [0, 0.1) is 10.1 Å². The molecule has 2 aromatic carbocycles. The van der Waals surface area contributed by atoms with Crippen molar-refractivity contribution in [2.45, 2.75) is 12.8 Å². The van der Waals surface area contributed by atoms with Gasteiger partial charge in [0.25, 0.3) is 11.2 Å². The molecular weight excluding hydrogens is 330 g/mol. The molecule has 0 saturated heterocycles. The van der Waals surface area contributed by atoms with Crippen molar-refractivity contribution in [3.63, 3.8) is 0 Å². The van der Waals surface area contributed by atoms with Gasteiger partial charge >= 0.3 is 0 Å². The van der Waals surface area contributed by atoms with Gasteiger partial charge in [-0.1, -0.05) is 23.7 Å². The second kappa shape index (κ2) is 6.72. The van der Waals surface area contributed by atoms with Crippen LogP contribution in [0.2, 0.25) is 5.02 Å². The molecule has 0 unspecified atom stereocenters. The highest BCUT2D eigenvalue weighted by Gasteiger charge is 2.13. The Hall–Kier alpha value is -2.86. The van der Waals surface area contributed by atoms with E-state index in [0.29, 0.717) is 29.1 Å². The first-order valence-electron chi connectivity index (χ1n) is 7.33. The zero-order valence-corrected chi connectivity index (χ0v) is 13.3. The summed E-state index contributed by atoms with van der Waals surface area (Å²) in [6, 6.07) is 13.6. The summed E-state index contributed by atoms with van der Waals surface area (Å²) in [5, 5.41) is 16.8. The van der Waals surface area contributed by atoms with Gasteiger partial charge in [0.15, 0.2) is 0 Å². The molecule has 0 radical (unpaired) electrons. The predicted molar refractivity (Wildman–Crippen MR) is 92.4 cm³/mol. The molecule has 7 heteroatoms.